The van der Waals surface area contributed by atoms with Crippen LogP contribution in [0.25, 0.3) is 0 Å². The zero-order valence-electron chi connectivity index (χ0n) is 11.6. The molecule has 0 saturated carbocycles. The summed E-state index contributed by atoms with van der Waals surface area (Å²) in [5, 5.41) is 9.38. The lowest BCUT2D eigenvalue weighted by Gasteiger charge is -2.50. The second-order valence-corrected chi connectivity index (χ2v) is 6.21. The van der Waals surface area contributed by atoms with E-state index in [9.17, 15) is 5.26 Å². The third kappa shape index (κ3) is 1.74. The van der Waals surface area contributed by atoms with E-state index in [0.29, 0.717) is 6.54 Å². The van der Waals surface area contributed by atoms with Crippen molar-refractivity contribution in [1.82, 2.24) is 0 Å². The van der Waals surface area contributed by atoms with E-state index in [-0.39, 0.29) is 10.8 Å². The van der Waals surface area contributed by atoms with Gasteiger partial charge in [-0.05, 0) is 48.4 Å². The Balaban J connectivity index is 2.68. The fourth-order valence-corrected chi connectivity index (χ4v) is 3.37. The highest BCUT2D eigenvalue weighted by Crippen LogP contribution is 2.52. The summed E-state index contributed by atoms with van der Waals surface area (Å²) in [7, 11) is 0. The molecule has 2 N–H and O–H groups in total. The highest BCUT2D eigenvalue weighted by molar-refractivity contribution is 5.50. The molecule has 1 atom stereocenters. The van der Waals surface area contributed by atoms with Gasteiger partial charge in [-0.15, -0.1) is 0 Å². The van der Waals surface area contributed by atoms with E-state index in [2.05, 4.69) is 32.9 Å². The van der Waals surface area contributed by atoms with Crippen molar-refractivity contribution in [3.05, 3.63) is 34.9 Å². The maximum atomic E-state index is 9.38. The van der Waals surface area contributed by atoms with Crippen LogP contribution < -0.4 is 5.73 Å². The second-order valence-electron chi connectivity index (χ2n) is 6.21. The number of hydrogen-bond donors (Lipinski definition) is 1. The molecule has 96 valence electrons. The smallest absolute Gasteiger partial charge is 0.0994 e. The normalized spacial score (nSPS) is 25.3. The quantitative estimate of drug-likeness (QED) is 0.866. The average Bonchev–Trinajstić information content (AvgIpc) is 2.34. The van der Waals surface area contributed by atoms with Gasteiger partial charge in [-0.25, -0.2) is 0 Å². The Morgan fingerprint density at radius 2 is 2.06 bits per heavy atom. The van der Waals surface area contributed by atoms with Crippen LogP contribution in [0.15, 0.2) is 18.2 Å². The first-order valence-corrected chi connectivity index (χ1v) is 6.69. The zero-order chi connectivity index (χ0) is 13.4. The molecular formula is C16H22N2. The number of benzene rings is 1. The van der Waals surface area contributed by atoms with Gasteiger partial charge in [0, 0.05) is 5.41 Å². The standard InChI is InChI=1S/C16H22N2/c1-15(2)8-7-12-5-4-6-13(11-18)14(12)16(15,3)9-10-17/h4-6H,7-10,17H2,1-3H3. The van der Waals surface area contributed by atoms with Crippen molar-refractivity contribution < 1.29 is 0 Å². The van der Waals surface area contributed by atoms with Gasteiger partial charge < -0.3 is 5.73 Å². The maximum Gasteiger partial charge on any atom is 0.0994 e. The fraction of sp³-hybridized carbons (Fsp3) is 0.562. The van der Waals surface area contributed by atoms with Crippen molar-refractivity contribution in [1.29, 1.82) is 5.26 Å². The Kier molecular flexibility index (Phi) is 3.21. The first-order chi connectivity index (χ1) is 8.46. The largest absolute Gasteiger partial charge is 0.330 e. The first kappa shape index (κ1) is 13.1. The molecule has 1 aliphatic carbocycles. The minimum atomic E-state index is 0.00164. The van der Waals surface area contributed by atoms with Gasteiger partial charge >= 0.3 is 0 Å². The molecule has 1 aromatic rings. The zero-order valence-corrected chi connectivity index (χ0v) is 11.6. The van der Waals surface area contributed by atoms with E-state index in [1.54, 1.807) is 0 Å². The summed E-state index contributed by atoms with van der Waals surface area (Å²) < 4.78 is 0. The monoisotopic (exact) mass is 242 g/mol. The highest BCUT2D eigenvalue weighted by atomic mass is 14.6. The van der Waals surface area contributed by atoms with Gasteiger partial charge in [0.15, 0.2) is 0 Å². The summed E-state index contributed by atoms with van der Waals surface area (Å²) >= 11 is 0. The van der Waals surface area contributed by atoms with Gasteiger partial charge in [0.25, 0.3) is 0 Å². The SMILES string of the molecule is CC1(C)CCc2cccc(C#N)c2C1(C)CCN. The summed E-state index contributed by atoms with van der Waals surface area (Å²) in [5.41, 5.74) is 9.43. The second kappa shape index (κ2) is 4.40. The third-order valence-corrected chi connectivity index (χ3v) is 4.98. The summed E-state index contributed by atoms with van der Waals surface area (Å²) in [5.74, 6) is 0. The van der Waals surface area contributed by atoms with E-state index in [1.807, 2.05) is 12.1 Å². The topological polar surface area (TPSA) is 49.8 Å². The summed E-state index contributed by atoms with van der Waals surface area (Å²) in [4.78, 5) is 0. The number of rotatable bonds is 2. The number of nitrogens with two attached hydrogens (primary N) is 1. The maximum absolute atomic E-state index is 9.38. The van der Waals surface area contributed by atoms with Crippen molar-refractivity contribution in [3.63, 3.8) is 0 Å². The van der Waals surface area contributed by atoms with Crippen LogP contribution in [-0.4, -0.2) is 6.54 Å². The van der Waals surface area contributed by atoms with Crippen molar-refractivity contribution in [2.45, 2.75) is 45.4 Å². The highest BCUT2D eigenvalue weighted by Gasteiger charge is 2.46. The predicted octanol–water partition coefficient (Wildman–Crippen LogP) is 3.14. The van der Waals surface area contributed by atoms with Crippen LogP contribution in [0, 0.1) is 16.7 Å². The van der Waals surface area contributed by atoms with Crippen LogP contribution in [-0.2, 0) is 11.8 Å². The summed E-state index contributed by atoms with van der Waals surface area (Å²) in [6, 6.07) is 8.47. The molecule has 0 radical (unpaired) electrons. The van der Waals surface area contributed by atoms with E-state index in [1.165, 1.54) is 11.1 Å². The van der Waals surface area contributed by atoms with Gasteiger partial charge in [-0.1, -0.05) is 32.9 Å². The molecule has 18 heavy (non-hydrogen) atoms. The van der Waals surface area contributed by atoms with E-state index in [4.69, 9.17) is 5.73 Å². The first-order valence-electron chi connectivity index (χ1n) is 6.69. The molecule has 0 amide bonds. The molecule has 2 nitrogen and oxygen atoms in total. The molecule has 1 unspecified atom stereocenters. The molecule has 0 aliphatic heterocycles. The van der Waals surface area contributed by atoms with Crippen LogP contribution >= 0.6 is 0 Å². The minimum absolute atomic E-state index is 0.00164. The molecule has 0 heterocycles. The molecule has 0 bridgehead atoms. The Hall–Kier alpha value is -1.33. The molecule has 0 saturated heterocycles. The number of fused-ring (bicyclic) bond motifs is 1. The number of nitriles is 1. The van der Waals surface area contributed by atoms with Gasteiger partial charge in [0.2, 0.25) is 0 Å². The number of hydrogen-bond acceptors (Lipinski definition) is 2. The summed E-state index contributed by atoms with van der Waals surface area (Å²) in [6.45, 7) is 7.55. The lowest BCUT2D eigenvalue weighted by Crippen LogP contribution is -2.45. The van der Waals surface area contributed by atoms with Gasteiger partial charge in [0.05, 0.1) is 11.6 Å². The predicted molar refractivity (Wildman–Crippen MR) is 74.3 cm³/mol. The average molecular weight is 242 g/mol. The van der Waals surface area contributed by atoms with E-state index >= 15 is 0 Å². The number of nitrogens with zero attached hydrogens (tertiary/aromatic N) is 1. The van der Waals surface area contributed by atoms with Crippen LogP contribution in [0.2, 0.25) is 0 Å². The van der Waals surface area contributed by atoms with Crippen molar-refractivity contribution in [3.8, 4) is 6.07 Å². The molecule has 2 heteroatoms. The molecule has 0 aromatic heterocycles. The Morgan fingerprint density at radius 1 is 1.33 bits per heavy atom. The fourth-order valence-electron chi connectivity index (χ4n) is 3.37. The molecule has 0 spiro atoms. The van der Waals surface area contributed by atoms with Crippen molar-refractivity contribution in [2.75, 3.05) is 6.54 Å². The van der Waals surface area contributed by atoms with E-state index in [0.717, 1.165) is 24.8 Å². The molecule has 1 aromatic carbocycles. The minimum Gasteiger partial charge on any atom is -0.330 e. The van der Waals surface area contributed by atoms with Gasteiger partial charge in [-0.3, -0.25) is 0 Å². The Morgan fingerprint density at radius 3 is 2.67 bits per heavy atom. The lowest BCUT2D eigenvalue weighted by molar-refractivity contribution is 0.138. The van der Waals surface area contributed by atoms with Crippen LogP contribution in [0.4, 0.5) is 0 Å². The molecule has 0 fully saturated rings. The summed E-state index contributed by atoms with van der Waals surface area (Å²) in [6.07, 6.45) is 3.16. The van der Waals surface area contributed by atoms with Crippen LogP contribution in [0.3, 0.4) is 0 Å². The van der Waals surface area contributed by atoms with Crippen LogP contribution in [0.5, 0.6) is 0 Å². The van der Waals surface area contributed by atoms with Gasteiger partial charge in [0.1, 0.15) is 0 Å². The third-order valence-electron chi connectivity index (χ3n) is 4.98. The van der Waals surface area contributed by atoms with Crippen LogP contribution in [0.1, 0.15) is 50.3 Å². The Bertz CT molecular complexity index is 496. The van der Waals surface area contributed by atoms with Gasteiger partial charge in [-0.2, -0.15) is 5.26 Å². The Labute approximate surface area is 110 Å². The lowest BCUT2D eigenvalue weighted by atomic mass is 9.54. The molecular weight excluding hydrogens is 220 g/mol. The molecule has 2 rings (SSSR count). The van der Waals surface area contributed by atoms with E-state index < -0.39 is 0 Å². The van der Waals surface area contributed by atoms with Crippen molar-refractivity contribution in [2.24, 2.45) is 11.1 Å². The number of aryl methyl sites for hydroxylation is 1. The van der Waals surface area contributed by atoms with Crippen molar-refractivity contribution >= 4 is 0 Å². The molecule has 1 aliphatic rings.